The zero-order valence-electron chi connectivity index (χ0n) is 17.9. The van der Waals surface area contributed by atoms with E-state index in [0.717, 1.165) is 33.8 Å². The molecule has 0 unspecified atom stereocenters. The fourth-order valence-electron chi connectivity index (χ4n) is 3.53. The van der Waals surface area contributed by atoms with Crippen LogP contribution in [0.4, 0.5) is 4.39 Å². The Morgan fingerprint density at radius 1 is 0.844 bits per heavy atom. The smallest absolute Gasteiger partial charge is 0.165 e. The molecule has 0 spiro atoms. The van der Waals surface area contributed by atoms with Gasteiger partial charge in [0.05, 0.1) is 25.6 Å². The van der Waals surface area contributed by atoms with Gasteiger partial charge in [0.2, 0.25) is 0 Å². The highest BCUT2D eigenvalue weighted by molar-refractivity contribution is 5.85. The number of nitrogens with one attached hydrogen (secondary N) is 1. The van der Waals surface area contributed by atoms with Gasteiger partial charge in [0.25, 0.3) is 0 Å². The Labute approximate surface area is 193 Å². The monoisotopic (exact) mass is 453 g/mol. The molecule has 1 aromatic heterocycles. The number of rotatable bonds is 8. The Bertz CT molecular complexity index is 1150. The van der Waals surface area contributed by atoms with Gasteiger partial charge in [-0.1, -0.05) is 30.3 Å². The molecule has 0 aliphatic carbocycles. The fraction of sp³-hybridized carbons (Fsp3) is 0.160. The van der Waals surface area contributed by atoms with Crippen molar-refractivity contribution in [1.82, 2.24) is 15.1 Å². The first kappa shape index (κ1) is 23.3. The first-order valence-electron chi connectivity index (χ1n) is 10.00. The van der Waals surface area contributed by atoms with Crippen molar-refractivity contribution in [2.75, 3.05) is 14.2 Å². The number of hydrogen-bond donors (Lipinski definition) is 1. The van der Waals surface area contributed by atoms with Crippen molar-refractivity contribution in [1.29, 1.82) is 0 Å². The van der Waals surface area contributed by atoms with E-state index in [1.807, 2.05) is 59.4 Å². The van der Waals surface area contributed by atoms with E-state index in [0.29, 0.717) is 18.8 Å². The molecule has 0 saturated carbocycles. The number of hydrogen-bond acceptors (Lipinski definition) is 4. The number of methoxy groups -OCH3 is 2. The SMILES string of the molecule is COc1cccc(CNCc2cn(-c3ccccc3)nc2-c2ccc(F)cc2)c1OC.Cl. The van der Waals surface area contributed by atoms with E-state index in [1.165, 1.54) is 12.1 Å². The second-order valence-electron chi connectivity index (χ2n) is 7.05. The quantitative estimate of drug-likeness (QED) is 0.387. The lowest BCUT2D eigenvalue weighted by Crippen LogP contribution is -2.14. The molecule has 7 heteroatoms. The standard InChI is InChI=1S/C25H24FN3O2.ClH/c1-30-23-10-6-7-19(25(23)31-2)15-27-16-20-17-29(22-8-4-3-5-9-22)28-24(20)18-11-13-21(26)14-12-18;/h3-14,17,27H,15-16H2,1-2H3;1H. The number of halogens is 2. The van der Waals surface area contributed by atoms with E-state index in [-0.39, 0.29) is 18.2 Å². The maximum Gasteiger partial charge on any atom is 0.165 e. The van der Waals surface area contributed by atoms with Gasteiger partial charge in [-0.15, -0.1) is 12.4 Å². The van der Waals surface area contributed by atoms with Gasteiger partial charge < -0.3 is 14.8 Å². The van der Waals surface area contributed by atoms with E-state index in [9.17, 15) is 4.39 Å². The summed E-state index contributed by atoms with van der Waals surface area (Å²) in [4.78, 5) is 0. The van der Waals surface area contributed by atoms with Crippen molar-refractivity contribution >= 4 is 12.4 Å². The van der Waals surface area contributed by atoms with Gasteiger partial charge in [-0.2, -0.15) is 5.10 Å². The summed E-state index contributed by atoms with van der Waals surface area (Å²) >= 11 is 0. The Balaban J connectivity index is 0.00000289. The minimum absolute atomic E-state index is 0. The predicted molar refractivity (Wildman–Crippen MR) is 126 cm³/mol. The lowest BCUT2D eigenvalue weighted by molar-refractivity contribution is 0.350. The Morgan fingerprint density at radius 3 is 2.25 bits per heavy atom. The molecular formula is C25H25ClFN3O2. The van der Waals surface area contributed by atoms with Crippen molar-refractivity contribution in [2.45, 2.75) is 13.1 Å². The first-order chi connectivity index (χ1) is 15.2. The topological polar surface area (TPSA) is 48.3 Å². The molecular weight excluding hydrogens is 429 g/mol. The van der Waals surface area contributed by atoms with E-state index in [4.69, 9.17) is 14.6 Å². The summed E-state index contributed by atoms with van der Waals surface area (Å²) in [5.41, 5.74) is 4.66. The number of benzene rings is 3. The van der Waals surface area contributed by atoms with Crippen LogP contribution in [0.2, 0.25) is 0 Å². The Kier molecular flexibility index (Phi) is 7.87. The molecule has 0 saturated heterocycles. The van der Waals surface area contributed by atoms with E-state index < -0.39 is 0 Å². The third-order valence-corrected chi connectivity index (χ3v) is 5.04. The number of aromatic nitrogens is 2. The zero-order chi connectivity index (χ0) is 21.6. The number of para-hydroxylation sites is 2. The molecule has 5 nitrogen and oxygen atoms in total. The van der Waals surface area contributed by atoms with Gasteiger partial charge in [-0.3, -0.25) is 0 Å². The van der Waals surface area contributed by atoms with Crippen LogP contribution in [0.1, 0.15) is 11.1 Å². The third kappa shape index (κ3) is 5.10. The fourth-order valence-corrected chi connectivity index (χ4v) is 3.53. The lowest BCUT2D eigenvalue weighted by atomic mass is 10.1. The number of nitrogens with zero attached hydrogens (tertiary/aromatic N) is 2. The summed E-state index contributed by atoms with van der Waals surface area (Å²) in [5, 5.41) is 8.24. The van der Waals surface area contributed by atoms with E-state index in [2.05, 4.69) is 5.32 Å². The van der Waals surface area contributed by atoms with Gasteiger partial charge >= 0.3 is 0 Å². The molecule has 0 bridgehead atoms. The van der Waals surface area contributed by atoms with Gasteiger partial charge in [0, 0.05) is 36.0 Å². The van der Waals surface area contributed by atoms with Crippen molar-refractivity contribution < 1.29 is 13.9 Å². The molecule has 0 radical (unpaired) electrons. The summed E-state index contributed by atoms with van der Waals surface area (Å²) in [6.07, 6.45) is 2.00. The Morgan fingerprint density at radius 2 is 1.56 bits per heavy atom. The average molecular weight is 454 g/mol. The molecule has 1 N–H and O–H groups in total. The molecule has 0 amide bonds. The second-order valence-corrected chi connectivity index (χ2v) is 7.05. The molecule has 4 rings (SSSR count). The van der Waals surface area contributed by atoms with Crippen molar-refractivity contribution in [3.05, 3.63) is 95.9 Å². The van der Waals surface area contributed by atoms with Crippen molar-refractivity contribution in [2.24, 2.45) is 0 Å². The molecule has 166 valence electrons. The van der Waals surface area contributed by atoms with Crippen LogP contribution in [-0.2, 0) is 13.1 Å². The highest BCUT2D eigenvalue weighted by Gasteiger charge is 2.14. The van der Waals surface area contributed by atoms with Crippen molar-refractivity contribution in [3.63, 3.8) is 0 Å². The highest BCUT2D eigenvalue weighted by atomic mass is 35.5. The molecule has 0 aliphatic rings. The van der Waals surface area contributed by atoms with E-state index >= 15 is 0 Å². The molecule has 32 heavy (non-hydrogen) atoms. The highest BCUT2D eigenvalue weighted by Crippen LogP contribution is 2.31. The van der Waals surface area contributed by atoms with Crippen molar-refractivity contribution in [3.8, 4) is 28.4 Å². The van der Waals surface area contributed by atoms with Gasteiger partial charge in [0.15, 0.2) is 11.5 Å². The summed E-state index contributed by atoms with van der Waals surface area (Å²) < 4.78 is 26.2. The van der Waals surface area contributed by atoms with Gasteiger partial charge in [-0.25, -0.2) is 9.07 Å². The van der Waals surface area contributed by atoms with E-state index in [1.54, 1.807) is 26.4 Å². The molecule has 0 fully saturated rings. The maximum absolute atomic E-state index is 13.4. The first-order valence-corrected chi connectivity index (χ1v) is 10.00. The van der Waals surface area contributed by atoms with Crippen LogP contribution in [0.3, 0.4) is 0 Å². The summed E-state index contributed by atoms with van der Waals surface area (Å²) in [7, 11) is 3.26. The van der Waals surface area contributed by atoms with Gasteiger partial charge in [0.1, 0.15) is 5.82 Å². The normalized spacial score (nSPS) is 10.5. The predicted octanol–water partition coefficient (Wildman–Crippen LogP) is 5.41. The number of ether oxygens (including phenoxy) is 2. The van der Waals surface area contributed by atoms with Crippen LogP contribution in [-0.4, -0.2) is 24.0 Å². The molecule has 1 heterocycles. The summed E-state index contributed by atoms with van der Waals surface area (Å²) in [6, 6.07) is 22.1. The zero-order valence-corrected chi connectivity index (χ0v) is 18.7. The van der Waals surface area contributed by atoms with Crippen LogP contribution >= 0.6 is 12.4 Å². The van der Waals surface area contributed by atoms with Gasteiger partial charge in [-0.05, 0) is 42.5 Å². The minimum atomic E-state index is -0.268. The van der Waals surface area contributed by atoms with Crippen LogP contribution < -0.4 is 14.8 Å². The Hall–Kier alpha value is -3.35. The molecule has 3 aromatic carbocycles. The largest absolute Gasteiger partial charge is 0.493 e. The van der Waals surface area contributed by atoms with Crippen LogP contribution in [0.15, 0.2) is 79.0 Å². The average Bonchev–Trinajstić information content (AvgIpc) is 3.24. The summed E-state index contributed by atoms with van der Waals surface area (Å²) in [5.74, 6) is 1.15. The lowest BCUT2D eigenvalue weighted by Gasteiger charge is -2.13. The van der Waals surface area contributed by atoms with Crippen LogP contribution in [0.5, 0.6) is 11.5 Å². The molecule has 4 aromatic rings. The molecule has 0 aliphatic heterocycles. The van der Waals surface area contributed by atoms with Crippen LogP contribution in [0.25, 0.3) is 16.9 Å². The third-order valence-electron chi connectivity index (χ3n) is 5.04. The minimum Gasteiger partial charge on any atom is -0.493 e. The second kappa shape index (κ2) is 10.8. The maximum atomic E-state index is 13.4. The van der Waals surface area contributed by atoms with Crippen LogP contribution in [0, 0.1) is 5.82 Å². The summed E-state index contributed by atoms with van der Waals surface area (Å²) in [6.45, 7) is 1.18. The molecule has 0 atom stereocenters.